The minimum absolute atomic E-state index is 0.156. The van der Waals surface area contributed by atoms with Crippen LogP contribution in [0.25, 0.3) is 0 Å². The first-order chi connectivity index (χ1) is 13.0. The fourth-order valence-electron chi connectivity index (χ4n) is 5.33. The van der Waals surface area contributed by atoms with Crippen LogP contribution in [0.1, 0.15) is 84.0 Å². The summed E-state index contributed by atoms with van der Waals surface area (Å²) in [6.45, 7) is 3.80. The Morgan fingerprint density at radius 1 is 0.963 bits per heavy atom. The molecule has 3 aliphatic rings. The van der Waals surface area contributed by atoms with Crippen LogP contribution in [0.15, 0.2) is 0 Å². The molecular weight excluding hydrogens is 338 g/mol. The zero-order chi connectivity index (χ0) is 19.2. The zero-order valence-corrected chi connectivity index (χ0v) is 17.1. The molecule has 1 unspecified atom stereocenters. The van der Waals surface area contributed by atoms with Crippen LogP contribution in [0.3, 0.4) is 0 Å². The fraction of sp³-hybridized carbons (Fsp3) is 0.909. The van der Waals surface area contributed by atoms with Gasteiger partial charge in [0.2, 0.25) is 11.8 Å². The molecule has 5 heteroatoms. The molecule has 154 valence electrons. The molecule has 0 bridgehead atoms. The highest BCUT2D eigenvalue weighted by Crippen LogP contribution is 2.29. The first-order valence-electron chi connectivity index (χ1n) is 11.4. The number of carbonyl (C=O) groups excluding carboxylic acids is 2. The van der Waals surface area contributed by atoms with Gasteiger partial charge in [0.15, 0.2) is 0 Å². The van der Waals surface area contributed by atoms with Crippen molar-refractivity contribution in [2.24, 2.45) is 23.5 Å². The lowest BCUT2D eigenvalue weighted by Gasteiger charge is -2.37. The Labute approximate surface area is 164 Å². The van der Waals surface area contributed by atoms with Crippen molar-refractivity contribution in [3.63, 3.8) is 0 Å². The maximum Gasteiger partial charge on any atom is 0.225 e. The number of nitrogens with one attached hydrogen (secondary N) is 1. The van der Waals surface area contributed by atoms with E-state index in [4.69, 9.17) is 5.73 Å². The second kappa shape index (κ2) is 9.90. The second-order valence-electron chi connectivity index (χ2n) is 9.35. The summed E-state index contributed by atoms with van der Waals surface area (Å²) in [5.41, 5.74) is 6.01. The van der Waals surface area contributed by atoms with Crippen LogP contribution in [0.4, 0.5) is 0 Å². The van der Waals surface area contributed by atoms with Gasteiger partial charge in [0.1, 0.15) is 0 Å². The van der Waals surface area contributed by atoms with Gasteiger partial charge in [-0.25, -0.2) is 0 Å². The molecule has 2 saturated carbocycles. The SMILES string of the molecule is CC(N)C1CCN(C(=O)C2CCC(NC(=O)CC3CCCCC3)CC2)CC1. The van der Waals surface area contributed by atoms with Gasteiger partial charge in [-0.15, -0.1) is 0 Å². The number of nitrogens with zero attached hydrogens (tertiary/aromatic N) is 1. The molecule has 0 aromatic rings. The van der Waals surface area contributed by atoms with E-state index in [1.54, 1.807) is 0 Å². The summed E-state index contributed by atoms with van der Waals surface area (Å²) >= 11 is 0. The standard InChI is InChI=1S/C22H39N3O2/c1-16(23)18-11-13-25(14-12-18)22(27)19-7-9-20(10-8-19)24-21(26)15-17-5-3-2-4-6-17/h16-20H,2-15,23H2,1H3,(H,24,26). The maximum absolute atomic E-state index is 12.8. The highest BCUT2D eigenvalue weighted by Gasteiger charge is 2.32. The molecule has 0 radical (unpaired) electrons. The van der Waals surface area contributed by atoms with E-state index in [1.165, 1.54) is 32.1 Å². The molecule has 5 nitrogen and oxygen atoms in total. The molecular formula is C22H39N3O2. The molecule has 3 rings (SSSR count). The van der Waals surface area contributed by atoms with Crippen molar-refractivity contribution in [1.82, 2.24) is 10.2 Å². The molecule has 0 spiro atoms. The van der Waals surface area contributed by atoms with E-state index in [0.717, 1.165) is 51.6 Å². The average molecular weight is 378 g/mol. The van der Waals surface area contributed by atoms with Crippen LogP contribution >= 0.6 is 0 Å². The van der Waals surface area contributed by atoms with Crippen LogP contribution in [-0.2, 0) is 9.59 Å². The van der Waals surface area contributed by atoms with E-state index < -0.39 is 0 Å². The van der Waals surface area contributed by atoms with Gasteiger partial charge in [-0.1, -0.05) is 19.3 Å². The summed E-state index contributed by atoms with van der Waals surface area (Å²) in [5.74, 6) is 1.88. The smallest absolute Gasteiger partial charge is 0.225 e. The lowest BCUT2D eigenvalue weighted by Crippen LogP contribution is -2.46. The maximum atomic E-state index is 12.8. The summed E-state index contributed by atoms with van der Waals surface area (Å²) in [6.07, 6.45) is 12.8. The van der Waals surface area contributed by atoms with Crippen molar-refractivity contribution < 1.29 is 9.59 Å². The summed E-state index contributed by atoms with van der Waals surface area (Å²) in [5, 5.41) is 3.25. The van der Waals surface area contributed by atoms with Crippen molar-refractivity contribution in [3.05, 3.63) is 0 Å². The van der Waals surface area contributed by atoms with Gasteiger partial charge >= 0.3 is 0 Å². The fourth-order valence-corrected chi connectivity index (χ4v) is 5.33. The number of rotatable bonds is 5. The Morgan fingerprint density at radius 2 is 1.59 bits per heavy atom. The number of likely N-dealkylation sites (tertiary alicyclic amines) is 1. The molecule has 1 atom stereocenters. The Kier molecular flexibility index (Phi) is 7.57. The molecule has 27 heavy (non-hydrogen) atoms. The van der Waals surface area contributed by atoms with Crippen LogP contribution in [0.5, 0.6) is 0 Å². The molecule has 0 aromatic carbocycles. The summed E-state index contributed by atoms with van der Waals surface area (Å²) in [6, 6.07) is 0.504. The van der Waals surface area contributed by atoms with Crippen LogP contribution in [-0.4, -0.2) is 41.9 Å². The number of hydrogen-bond donors (Lipinski definition) is 2. The molecule has 0 aromatic heterocycles. The van der Waals surface area contributed by atoms with Gasteiger partial charge in [0.25, 0.3) is 0 Å². The Balaban J connectivity index is 1.36. The van der Waals surface area contributed by atoms with E-state index in [0.29, 0.717) is 24.2 Å². The van der Waals surface area contributed by atoms with E-state index in [2.05, 4.69) is 17.1 Å². The molecule has 1 aliphatic heterocycles. The predicted molar refractivity (Wildman–Crippen MR) is 108 cm³/mol. The third-order valence-electron chi connectivity index (χ3n) is 7.24. The van der Waals surface area contributed by atoms with Gasteiger partial charge < -0.3 is 16.0 Å². The molecule has 1 saturated heterocycles. The Morgan fingerprint density at radius 3 is 2.19 bits per heavy atom. The number of carbonyl (C=O) groups is 2. The van der Waals surface area contributed by atoms with Crippen molar-refractivity contribution in [2.45, 2.75) is 96.1 Å². The molecule has 3 fully saturated rings. The zero-order valence-electron chi connectivity index (χ0n) is 17.1. The van der Waals surface area contributed by atoms with Crippen molar-refractivity contribution >= 4 is 11.8 Å². The third-order valence-corrected chi connectivity index (χ3v) is 7.24. The number of nitrogens with two attached hydrogens (primary N) is 1. The monoisotopic (exact) mass is 377 g/mol. The van der Waals surface area contributed by atoms with E-state index in [1.807, 2.05) is 0 Å². The third kappa shape index (κ3) is 5.94. The van der Waals surface area contributed by atoms with E-state index >= 15 is 0 Å². The molecule has 2 amide bonds. The van der Waals surface area contributed by atoms with Gasteiger partial charge in [-0.05, 0) is 70.1 Å². The highest BCUT2D eigenvalue weighted by atomic mass is 16.2. The topological polar surface area (TPSA) is 75.4 Å². The average Bonchev–Trinajstić information content (AvgIpc) is 2.69. The van der Waals surface area contributed by atoms with E-state index in [-0.39, 0.29) is 23.9 Å². The van der Waals surface area contributed by atoms with Crippen molar-refractivity contribution in [3.8, 4) is 0 Å². The quantitative estimate of drug-likeness (QED) is 0.772. The predicted octanol–water partition coefficient (Wildman–Crippen LogP) is 3.22. The lowest BCUT2D eigenvalue weighted by atomic mass is 9.83. The first-order valence-corrected chi connectivity index (χ1v) is 11.4. The summed E-state index contributed by atoms with van der Waals surface area (Å²) < 4.78 is 0. The number of amides is 2. The largest absolute Gasteiger partial charge is 0.353 e. The summed E-state index contributed by atoms with van der Waals surface area (Å²) in [4.78, 5) is 27.2. The van der Waals surface area contributed by atoms with Crippen molar-refractivity contribution in [1.29, 1.82) is 0 Å². The van der Waals surface area contributed by atoms with Gasteiger partial charge in [-0.3, -0.25) is 9.59 Å². The Bertz CT molecular complexity index is 486. The van der Waals surface area contributed by atoms with Crippen LogP contribution in [0.2, 0.25) is 0 Å². The minimum atomic E-state index is 0.156. The second-order valence-corrected chi connectivity index (χ2v) is 9.35. The normalized spacial score (nSPS) is 29.3. The molecule has 1 heterocycles. The summed E-state index contributed by atoms with van der Waals surface area (Å²) in [7, 11) is 0. The first kappa shape index (κ1) is 20.6. The van der Waals surface area contributed by atoms with Gasteiger partial charge in [-0.2, -0.15) is 0 Å². The number of hydrogen-bond acceptors (Lipinski definition) is 3. The van der Waals surface area contributed by atoms with Crippen molar-refractivity contribution in [2.75, 3.05) is 13.1 Å². The van der Waals surface area contributed by atoms with Crippen LogP contribution < -0.4 is 11.1 Å². The minimum Gasteiger partial charge on any atom is -0.353 e. The van der Waals surface area contributed by atoms with E-state index in [9.17, 15) is 9.59 Å². The Hall–Kier alpha value is -1.10. The van der Waals surface area contributed by atoms with Gasteiger partial charge in [0.05, 0.1) is 0 Å². The molecule has 2 aliphatic carbocycles. The lowest BCUT2D eigenvalue weighted by molar-refractivity contribution is -0.138. The number of piperidine rings is 1. The van der Waals surface area contributed by atoms with Crippen LogP contribution in [0, 0.1) is 17.8 Å². The molecule has 3 N–H and O–H groups in total. The highest BCUT2D eigenvalue weighted by molar-refractivity contribution is 5.79. The van der Waals surface area contributed by atoms with Gasteiger partial charge in [0, 0.05) is 37.5 Å².